The summed E-state index contributed by atoms with van der Waals surface area (Å²) in [6, 6.07) is 3.29. The van der Waals surface area contributed by atoms with Gasteiger partial charge in [-0.1, -0.05) is 13.8 Å². The minimum absolute atomic E-state index is 0.100. The van der Waals surface area contributed by atoms with Crippen LogP contribution in [-0.4, -0.2) is 24.2 Å². The summed E-state index contributed by atoms with van der Waals surface area (Å²) in [5.74, 6) is 0.0980. The fraction of sp³-hybridized carbons (Fsp3) is 0.545. The Morgan fingerprint density at radius 1 is 1.60 bits per heavy atom. The van der Waals surface area contributed by atoms with Gasteiger partial charge in [0.15, 0.2) is 5.76 Å². The van der Waals surface area contributed by atoms with Gasteiger partial charge >= 0.3 is 0 Å². The molecule has 1 heterocycles. The highest BCUT2D eigenvalue weighted by atomic mass is 16.3. The molecular formula is C11H17NO3. The molecule has 1 aromatic rings. The van der Waals surface area contributed by atoms with Crippen molar-refractivity contribution < 1.29 is 14.3 Å². The smallest absolute Gasteiger partial charge is 0.286 e. The van der Waals surface area contributed by atoms with Crippen molar-refractivity contribution in [3.05, 3.63) is 24.2 Å². The summed E-state index contributed by atoms with van der Waals surface area (Å²) >= 11 is 0. The summed E-state index contributed by atoms with van der Waals surface area (Å²) in [6.45, 7) is 4.63. The standard InChI is InChI=1S/C11H17NO3/c1-11(2,5-6-13)8-12-10(14)9-4-3-7-15-9/h3-4,7,13H,5-6,8H2,1-2H3,(H,12,14). The maximum Gasteiger partial charge on any atom is 0.286 e. The van der Waals surface area contributed by atoms with E-state index in [-0.39, 0.29) is 17.9 Å². The quantitative estimate of drug-likeness (QED) is 0.774. The predicted octanol–water partition coefficient (Wildman–Crippen LogP) is 1.42. The highest BCUT2D eigenvalue weighted by Crippen LogP contribution is 2.18. The van der Waals surface area contributed by atoms with Crippen molar-refractivity contribution in [3.8, 4) is 0 Å². The van der Waals surface area contributed by atoms with Crippen molar-refractivity contribution >= 4 is 5.91 Å². The number of rotatable bonds is 5. The van der Waals surface area contributed by atoms with Crippen LogP contribution >= 0.6 is 0 Å². The largest absolute Gasteiger partial charge is 0.459 e. The number of aliphatic hydroxyl groups excluding tert-OH is 1. The van der Waals surface area contributed by atoms with Crippen LogP contribution in [0.25, 0.3) is 0 Å². The van der Waals surface area contributed by atoms with Gasteiger partial charge < -0.3 is 14.8 Å². The van der Waals surface area contributed by atoms with Crippen LogP contribution in [0.5, 0.6) is 0 Å². The zero-order valence-electron chi connectivity index (χ0n) is 9.12. The summed E-state index contributed by atoms with van der Waals surface area (Å²) in [4.78, 5) is 11.5. The predicted molar refractivity (Wildman–Crippen MR) is 56.5 cm³/mol. The number of aliphatic hydroxyl groups is 1. The molecular weight excluding hydrogens is 194 g/mol. The molecule has 0 saturated carbocycles. The molecule has 0 aliphatic carbocycles. The molecule has 1 rings (SSSR count). The lowest BCUT2D eigenvalue weighted by molar-refractivity contribution is 0.0900. The van der Waals surface area contributed by atoms with Crippen LogP contribution in [0, 0.1) is 5.41 Å². The van der Waals surface area contributed by atoms with E-state index >= 15 is 0 Å². The van der Waals surface area contributed by atoms with E-state index < -0.39 is 0 Å². The monoisotopic (exact) mass is 211 g/mol. The Morgan fingerprint density at radius 3 is 2.87 bits per heavy atom. The third kappa shape index (κ3) is 3.75. The maximum absolute atomic E-state index is 11.5. The zero-order valence-corrected chi connectivity index (χ0v) is 9.12. The molecule has 1 aromatic heterocycles. The van der Waals surface area contributed by atoms with Crippen LogP contribution in [0.3, 0.4) is 0 Å². The van der Waals surface area contributed by atoms with E-state index in [1.165, 1.54) is 6.26 Å². The number of nitrogens with one attached hydrogen (secondary N) is 1. The van der Waals surface area contributed by atoms with Crippen molar-refractivity contribution in [2.45, 2.75) is 20.3 Å². The molecule has 0 saturated heterocycles. The van der Waals surface area contributed by atoms with Crippen LogP contribution in [0.4, 0.5) is 0 Å². The molecule has 15 heavy (non-hydrogen) atoms. The van der Waals surface area contributed by atoms with E-state index in [1.54, 1.807) is 12.1 Å². The molecule has 0 unspecified atom stereocenters. The summed E-state index contributed by atoms with van der Waals surface area (Å²) in [7, 11) is 0. The van der Waals surface area contributed by atoms with Gasteiger partial charge in [0.1, 0.15) is 0 Å². The fourth-order valence-corrected chi connectivity index (χ4v) is 1.21. The van der Waals surface area contributed by atoms with Gasteiger partial charge in [0, 0.05) is 13.2 Å². The van der Waals surface area contributed by atoms with Crippen LogP contribution in [0.2, 0.25) is 0 Å². The highest BCUT2D eigenvalue weighted by molar-refractivity contribution is 5.91. The zero-order chi connectivity index (χ0) is 11.3. The average Bonchev–Trinajstić information content (AvgIpc) is 2.67. The van der Waals surface area contributed by atoms with E-state index in [0.717, 1.165) is 0 Å². The molecule has 84 valence electrons. The first-order valence-corrected chi connectivity index (χ1v) is 4.98. The van der Waals surface area contributed by atoms with Gasteiger partial charge in [-0.15, -0.1) is 0 Å². The molecule has 0 aromatic carbocycles. The van der Waals surface area contributed by atoms with Gasteiger partial charge in [-0.2, -0.15) is 0 Å². The molecule has 0 aliphatic rings. The Kier molecular flexibility index (Phi) is 3.91. The van der Waals surface area contributed by atoms with Gasteiger partial charge in [0.2, 0.25) is 0 Å². The first-order chi connectivity index (χ1) is 7.05. The molecule has 0 radical (unpaired) electrons. The van der Waals surface area contributed by atoms with Crippen molar-refractivity contribution in [2.75, 3.05) is 13.2 Å². The summed E-state index contributed by atoms with van der Waals surface area (Å²) in [5, 5.41) is 11.6. The van der Waals surface area contributed by atoms with E-state index in [2.05, 4.69) is 5.32 Å². The van der Waals surface area contributed by atoms with Crippen molar-refractivity contribution in [1.29, 1.82) is 0 Å². The molecule has 4 heteroatoms. The van der Waals surface area contributed by atoms with Gasteiger partial charge in [-0.05, 0) is 24.0 Å². The summed E-state index contributed by atoms with van der Waals surface area (Å²) < 4.78 is 4.96. The number of furan rings is 1. The number of hydrogen-bond donors (Lipinski definition) is 2. The lowest BCUT2D eigenvalue weighted by Crippen LogP contribution is -2.34. The minimum Gasteiger partial charge on any atom is -0.459 e. The summed E-state index contributed by atoms with van der Waals surface area (Å²) in [5.41, 5.74) is -0.100. The van der Waals surface area contributed by atoms with Crippen LogP contribution in [0.15, 0.2) is 22.8 Å². The molecule has 0 atom stereocenters. The summed E-state index contributed by atoms with van der Waals surface area (Å²) in [6.07, 6.45) is 2.12. The Labute approximate surface area is 89.3 Å². The Morgan fingerprint density at radius 2 is 2.33 bits per heavy atom. The van der Waals surface area contributed by atoms with Crippen molar-refractivity contribution in [1.82, 2.24) is 5.32 Å². The Bertz CT molecular complexity index is 304. The fourth-order valence-electron chi connectivity index (χ4n) is 1.21. The van der Waals surface area contributed by atoms with Gasteiger partial charge in [-0.3, -0.25) is 4.79 Å². The second-order valence-corrected chi connectivity index (χ2v) is 4.30. The Hall–Kier alpha value is -1.29. The first kappa shape index (κ1) is 11.8. The van der Waals surface area contributed by atoms with E-state index in [1.807, 2.05) is 13.8 Å². The average molecular weight is 211 g/mol. The normalized spacial score (nSPS) is 11.4. The number of hydrogen-bond acceptors (Lipinski definition) is 3. The number of carbonyl (C=O) groups is 1. The third-order valence-electron chi connectivity index (χ3n) is 2.26. The second-order valence-electron chi connectivity index (χ2n) is 4.30. The molecule has 0 spiro atoms. The number of amides is 1. The van der Waals surface area contributed by atoms with Crippen LogP contribution in [0.1, 0.15) is 30.8 Å². The van der Waals surface area contributed by atoms with Gasteiger partial charge in [-0.25, -0.2) is 0 Å². The first-order valence-electron chi connectivity index (χ1n) is 4.98. The highest BCUT2D eigenvalue weighted by Gasteiger charge is 2.19. The van der Waals surface area contributed by atoms with Gasteiger partial charge in [0.25, 0.3) is 5.91 Å². The van der Waals surface area contributed by atoms with E-state index in [9.17, 15) is 4.79 Å². The Balaban J connectivity index is 2.40. The third-order valence-corrected chi connectivity index (χ3v) is 2.26. The second kappa shape index (κ2) is 4.98. The van der Waals surface area contributed by atoms with E-state index in [0.29, 0.717) is 18.7 Å². The molecule has 0 bridgehead atoms. The lowest BCUT2D eigenvalue weighted by atomic mass is 9.90. The van der Waals surface area contributed by atoms with Crippen LogP contribution in [-0.2, 0) is 0 Å². The van der Waals surface area contributed by atoms with Gasteiger partial charge in [0.05, 0.1) is 6.26 Å². The van der Waals surface area contributed by atoms with Crippen molar-refractivity contribution in [3.63, 3.8) is 0 Å². The number of carbonyl (C=O) groups excluding carboxylic acids is 1. The van der Waals surface area contributed by atoms with Crippen LogP contribution < -0.4 is 5.32 Å². The molecule has 0 fully saturated rings. The topological polar surface area (TPSA) is 62.5 Å². The SMILES string of the molecule is CC(C)(CCO)CNC(=O)c1ccco1. The van der Waals surface area contributed by atoms with Crippen molar-refractivity contribution in [2.24, 2.45) is 5.41 Å². The maximum atomic E-state index is 11.5. The van der Waals surface area contributed by atoms with E-state index in [4.69, 9.17) is 9.52 Å². The minimum atomic E-state index is -0.217. The molecule has 1 amide bonds. The molecule has 0 aliphatic heterocycles. The lowest BCUT2D eigenvalue weighted by Gasteiger charge is -2.23. The molecule has 4 nitrogen and oxygen atoms in total. The molecule has 2 N–H and O–H groups in total.